The highest BCUT2D eigenvalue weighted by molar-refractivity contribution is 6.30. The lowest BCUT2D eigenvalue weighted by Crippen LogP contribution is -2.33. The minimum absolute atomic E-state index is 0.0563. The summed E-state index contributed by atoms with van der Waals surface area (Å²) in [6.07, 6.45) is 3.70. The van der Waals surface area contributed by atoms with E-state index in [4.69, 9.17) is 16.6 Å². The zero-order chi connectivity index (χ0) is 19.4. The Morgan fingerprint density at radius 3 is 2.59 bits per heavy atom. The van der Waals surface area contributed by atoms with Gasteiger partial charge < -0.3 is 9.88 Å². The molecule has 1 heterocycles. The van der Waals surface area contributed by atoms with Crippen molar-refractivity contribution in [3.8, 4) is 22.6 Å². The second kappa shape index (κ2) is 8.23. The molecule has 0 unspecified atom stereocenters. The number of amides is 1. The molecule has 0 radical (unpaired) electrons. The topological polar surface area (TPSA) is 46.9 Å². The smallest absolute Gasteiger partial charge is 0.240 e. The van der Waals surface area contributed by atoms with Crippen LogP contribution in [0.4, 0.5) is 0 Å². The number of carbonyl (C=O) groups excluding carboxylic acids is 1. The average Bonchev–Trinajstić information content (AvgIpc) is 3.04. The number of rotatable bonds is 6. The molecule has 0 saturated heterocycles. The standard InChI is InChI=1S/C22H22ClN3O/c1-4-16-8-10-17(11-9-16)20-13-26(14-21(27)24-15(2)3)22(25-20)18-6-5-7-19(23)12-18/h4-13,15H,1,14H2,2-3H3,(H,24,27). The molecule has 138 valence electrons. The lowest BCUT2D eigenvalue weighted by Gasteiger charge is -2.11. The number of benzene rings is 2. The maximum Gasteiger partial charge on any atom is 0.240 e. The maximum atomic E-state index is 12.3. The Morgan fingerprint density at radius 2 is 1.96 bits per heavy atom. The number of imidazole rings is 1. The summed E-state index contributed by atoms with van der Waals surface area (Å²) in [4.78, 5) is 17.1. The number of hydrogen-bond acceptors (Lipinski definition) is 2. The van der Waals surface area contributed by atoms with E-state index in [2.05, 4.69) is 11.9 Å². The highest BCUT2D eigenvalue weighted by Crippen LogP contribution is 2.27. The highest BCUT2D eigenvalue weighted by atomic mass is 35.5. The Bertz CT molecular complexity index is 958. The Balaban J connectivity index is 2.02. The van der Waals surface area contributed by atoms with Crippen LogP contribution >= 0.6 is 11.6 Å². The second-order valence-electron chi connectivity index (χ2n) is 6.64. The number of halogens is 1. The van der Waals surface area contributed by atoms with E-state index in [0.717, 1.165) is 22.4 Å². The molecule has 27 heavy (non-hydrogen) atoms. The van der Waals surface area contributed by atoms with E-state index in [0.29, 0.717) is 10.8 Å². The minimum Gasteiger partial charge on any atom is -0.352 e. The molecule has 0 atom stereocenters. The van der Waals surface area contributed by atoms with E-state index in [9.17, 15) is 4.79 Å². The molecule has 0 aliphatic rings. The summed E-state index contributed by atoms with van der Waals surface area (Å²) in [5.41, 5.74) is 3.70. The quantitative estimate of drug-likeness (QED) is 0.652. The molecule has 0 aliphatic carbocycles. The third-order valence-electron chi connectivity index (χ3n) is 4.07. The van der Waals surface area contributed by atoms with Gasteiger partial charge in [-0.1, -0.05) is 60.7 Å². The van der Waals surface area contributed by atoms with Crippen LogP contribution in [-0.4, -0.2) is 21.5 Å². The first kappa shape index (κ1) is 18.9. The van der Waals surface area contributed by atoms with Crippen molar-refractivity contribution < 1.29 is 4.79 Å². The lowest BCUT2D eigenvalue weighted by atomic mass is 10.1. The van der Waals surface area contributed by atoms with Gasteiger partial charge in [-0.15, -0.1) is 0 Å². The fourth-order valence-corrected chi connectivity index (χ4v) is 3.04. The van der Waals surface area contributed by atoms with Crippen molar-refractivity contribution in [3.05, 3.63) is 71.9 Å². The van der Waals surface area contributed by atoms with Crippen LogP contribution in [0.3, 0.4) is 0 Å². The fraction of sp³-hybridized carbons (Fsp3) is 0.182. The summed E-state index contributed by atoms with van der Waals surface area (Å²) in [5.74, 6) is 0.651. The van der Waals surface area contributed by atoms with E-state index in [1.165, 1.54) is 0 Å². The normalized spacial score (nSPS) is 10.8. The molecule has 1 aromatic heterocycles. The molecule has 1 amide bonds. The largest absolute Gasteiger partial charge is 0.352 e. The molecule has 5 heteroatoms. The van der Waals surface area contributed by atoms with E-state index in [1.54, 1.807) is 6.08 Å². The van der Waals surface area contributed by atoms with Gasteiger partial charge in [-0.2, -0.15) is 0 Å². The summed E-state index contributed by atoms with van der Waals surface area (Å²) in [6, 6.07) is 15.6. The molecule has 3 aromatic rings. The van der Waals surface area contributed by atoms with Crippen molar-refractivity contribution in [1.29, 1.82) is 0 Å². The Hall–Kier alpha value is -2.85. The summed E-state index contributed by atoms with van der Waals surface area (Å²) in [5, 5.41) is 3.55. The van der Waals surface area contributed by atoms with Gasteiger partial charge in [-0.25, -0.2) is 4.98 Å². The van der Waals surface area contributed by atoms with Crippen LogP contribution in [0.5, 0.6) is 0 Å². The zero-order valence-corrected chi connectivity index (χ0v) is 16.2. The molecule has 0 spiro atoms. The third kappa shape index (κ3) is 4.66. The van der Waals surface area contributed by atoms with Gasteiger partial charge in [0.1, 0.15) is 12.4 Å². The van der Waals surface area contributed by atoms with Crippen LogP contribution in [0.15, 0.2) is 61.3 Å². The number of carbonyl (C=O) groups is 1. The van der Waals surface area contributed by atoms with Gasteiger partial charge in [-0.05, 0) is 31.5 Å². The van der Waals surface area contributed by atoms with Gasteiger partial charge in [0.15, 0.2) is 0 Å². The van der Waals surface area contributed by atoms with Crippen molar-refractivity contribution in [2.45, 2.75) is 26.4 Å². The third-order valence-corrected chi connectivity index (χ3v) is 4.30. The van der Waals surface area contributed by atoms with E-state index >= 15 is 0 Å². The molecule has 0 fully saturated rings. The van der Waals surface area contributed by atoms with Gasteiger partial charge >= 0.3 is 0 Å². The predicted molar refractivity (Wildman–Crippen MR) is 111 cm³/mol. The van der Waals surface area contributed by atoms with Crippen molar-refractivity contribution in [3.63, 3.8) is 0 Å². The minimum atomic E-state index is -0.0563. The highest BCUT2D eigenvalue weighted by Gasteiger charge is 2.15. The summed E-state index contributed by atoms with van der Waals surface area (Å²) in [7, 11) is 0. The van der Waals surface area contributed by atoms with Crippen LogP contribution in [0.25, 0.3) is 28.7 Å². The van der Waals surface area contributed by atoms with Crippen molar-refractivity contribution in [1.82, 2.24) is 14.9 Å². The first-order chi connectivity index (χ1) is 13.0. The number of hydrogen-bond donors (Lipinski definition) is 1. The van der Waals surface area contributed by atoms with E-state index in [-0.39, 0.29) is 18.5 Å². The second-order valence-corrected chi connectivity index (χ2v) is 7.07. The Kier molecular flexibility index (Phi) is 5.77. The zero-order valence-electron chi connectivity index (χ0n) is 15.4. The molecule has 2 aromatic carbocycles. The SMILES string of the molecule is C=Cc1ccc(-c2cn(CC(=O)NC(C)C)c(-c3cccc(Cl)c3)n2)cc1. The van der Waals surface area contributed by atoms with Crippen LogP contribution in [0, 0.1) is 0 Å². The summed E-state index contributed by atoms with van der Waals surface area (Å²) < 4.78 is 1.86. The van der Waals surface area contributed by atoms with Gasteiger partial charge in [-0.3, -0.25) is 4.79 Å². The van der Waals surface area contributed by atoms with E-state index < -0.39 is 0 Å². The van der Waals surface area contributed by atoms with Crippen LogP contribution in [-0.2, 0) is 11.3 Å². The van der Waals surface area contributed by atoms with E-state index in [1.807, 2.05) is 73.1 Å². The first-order valence-electron chi connectivity index (χ1n) is 8.81. The molecular formula is C22H22ClN3O. The summed E-state index contributed by atoms with van der Waals surface area (Å²) in [6.45, 7) is 7.85. The fourth-order valence-electron chi connectivity index (χ4n) is 2.85. The Labute approximate surface area is 164 Å². The van der Waals surface area contributed by atoms with Gasteiger partial charge in [0.2, 0.25) is 5.91 Å². The molecule has 0 aliphatic heterocycles. The number of aromatic nitrogens is 2. The van der Waals surface area contributed by atoms with Gasteiger partial charge in [0, 0.05) is 28.4 Å². The monoisotopic (exact) mass is 379 g/mol. The molecule has 3 rings (SSSR count). The van der Waals surface area contributed by atoms with Crippen LogP contribution in [0.1, 0.15) is 19.4 Å². The maximum absolute atomic E-state index is 12.3. The predicted octanol–water partition coefficient (Wildman–Crippen LogP) is 5.04. The first-order valence-corrected chi connectivity index (χ1v) is 9.19. The van der Waals surface area contributed by atoms with Crippen molar-refractivity contribution in [2.24, 2.45) is 0 Å². The Morgan fingerprint density at radius 1 is 1.22 bits per heavy atom. The molecule has 0 saturated carbocycles. The van der Waals surface area contributed by atoms with Crippen molar-refractivity contribution >= 4 is 23.6 Å². The lowest BCUT2D eigenvalue weighted by molar-refractivity contribution is -0.122. The molecule has 1 N–H and O–H groups in total. The molecule has 0 bridgehead atoms. The van der Waals surface area contributed by atoms with Crippen LogP contribution < -0.4 is 5.32 Å². The summed E-state index contributed by atoms with van der Waals surface area (Å²) >= 11 is 6.15. The average molecular weight is 380 g/mol. The molecule has 4 nitrogen and oxygen atoms in total. The van der Waals surface area contributed by atoms with Crippen LogP contribution in [0.2, 0.25) is 5.02 Å². The number of nitrogens with one attached hydrogen (secondary N) is 1. The van der Waals surface area contributed by atoms with Crippen molar-refractivity contribution in [2.75, 3.05) is 0 Å². The molecular weight excluding hydrogens is 358 g/mol. The number of nitrogens with zero attached hydrogens (tertiary/aromatic N) is 2. The van der Waals surface area contributed by atoms with Gasteiger partial charge in [0.05, 0.1) is 5.69 Å². The van der Waals surface area contributed by atoms with Gasteiger partial charge in [0.25, 0.3) is 0 Å².